The molecule has 7 nitrogen and oxygen atoms in total. The van der Waals surface area contributed by atoms with Crippen LogP contribution in [0.3, 0.4) is 0 Å². The average Bonchev–Trinajstić information content (AvgIpc) is 3.31. The Morgan fingerprint density at radius 3 is 2.37 bits per heavy atom. The number of phenols is 2. The Hall–Kier alpha value is -4.65. The standard InChI is InChI=1S/C27H22N4O3.CH4/c32-20-13-11-18(12-14-20)21-7-1-3-9-23(21)29-27(34)31-25(22-8-2-4-10-26(22)33)16-24(30-31)19-6-5-15-28-17-19;/h1-15,17,25,32-33H,16H2,(H,29,34);1H4. The van der Waals surface area contributed by atoms with Gasteiger partial charge in [0.05, 0.1) is 17.4 Å². The van der Waals surface area contributed by atoms with Crippen molar-refractivity contribution >= 4 is 17.4 Å². The van der Waals surface area contributed by atoms with Crippen LogP contribution in [0.15, 0.2) is 102 Å². The second-order valence-electron chi connectivity index (χ2n) is 7.93. The number of pyridine rings is 1. The Balaban J connectivity index is 0.00000289. The molecule has 176 valence electrons. The van der Waals surface area contributed by atoms with E-state index in [1.54, 1.807) is 54.9 Å². The molecule has 3 aromatic carbocycles. The second-order valence-corrected chi connectivity index (χ2v) is 7.93. The first-order chi connectivity index (χ1) is 16.6. The minimum absolute atomic E-state index is 0. The molecule has 5 rings (SSSR count). The molecular formula is C28H26N4O3. The summed E-state index contributed by atoms with van der Waals surface area (Å²) < 4.78 is 0. The number of aromatic hydroxyl groups is 2. The number of benzene rings is 3. The van der Waals surface area contributed by atoms with Crippen molar-refractivity contribution in [1.82, 2.24) is 9.99 Å². The molecule has 4 aromatic rings. The molecule has 1 aliphatic heterocycles. The van der Waals surface area contributed by atoms with Crippen molar-refractivity contribution in [3.8, 4) is 22.6 Å². The van der Waals surface area contributed by atoms with Gasteiger partial charge in [-0.3, -0.25) is 4.98 Å². The maximum absolute atomic E-state index is 13.5. The highest BCUT2D eigenvalue weighted by atomic mass is 16.3. The topological polar surface area (TPSA) is 98.1 Å². The summed E-state index contributed by atoms with van der Waals surface area (Å²) in [5.74, 6) is 0.280. The Bertz CT molecular complexity index is 1350. The van der Waals surface area contributed by atoms with Crippen LogP contribution < -0.4 is 5.32 Å². The van der Waals surface area contributed by atoms with Gasteiger partial charge in [-0.05, 0) is 35.9 Å². The van der Waals surface area contributed by atoms with Crippen LogP contribution in [0.25, 0.3) is 11.1 Å². The summed E-state index contributed by atoms with van der Waals surface area (Å²) >= 11 is 0. The number of hydrogen-bond donors (Lipinski definition) is 3. The van der Waals surface area contributed by atoms with Gasteiger partial charge >= 0.3 is 6.03 Å². The molecule has 0 saturated heterocycles. The molecule has 0 aliphatic carbocycles. The summed E-state index contributed by atoms with van der Waals surface area (Å²) in [6.07, 6.45) is 3.84. The minimum Gasteiger partial charge on any atom is -0.508 e. The molecule has 3 N–H and O–H groups in total. The van der Waals surface area contributed by atoms with Crippen LogP contribution in [0.5, 0.6) is 11.5 Å². The summed E-state index contributed by atoms with van der Waals surface area (Å²) in [5.41, 5.74) is 4.43. The molecule has 1 aliphatic rings. The number of carbonyl (C=O) groups excluding carboxylic acids is 1. The number of anilines is 1. The number of nitrogens with zero attached hydrogens (tertiary/aromatic N) is 3. The van der Waals surface area contributed by atoms with Crippen LogP contribution in [0.4, 0.5) is 10.5 Å². The van der Waals surface area contributed by atoms with Crippen LogP contribution in [-0.2, 0) is 0 Å². The highest BCUT2D eigenvalue weighted by molar-refractivity contribution is 6.04. The number of hydrogen-bond acceptors (Lipinski definition) is 5. The number of urea groups is 1. The monoisotopic (exact) mass is 466 g/mol. The van der Waals surface area contributed by atoms with Gasteiger partial charge in [0.15, 0.2) is 0 Å². The van der Waals surface area contributed by atoms with Crippen LogP contribution in [-0.4, -0.2) is 31.9 Å². The fourth-order valence-corrected chi connectivity index (χ4v) is 4.07. The number of hydrazone groups is 1. The summed E-state index contributed by atoms with van der Waals surface area (Å²) in [4.78, 5) is 17.7. The molecule has 2 heterocycles. The number of aromatic nitrogens is 1. The minimum atomic E-state index is -0.475. The van der Waals surface area contributed by atoms with Crippen molar-refractivity contribution in [2.45, 2.75) is 19.9 Å². The van der Waals surface area contributed by atoms with E-state index in [4.69, 9.17) is 0 Å². The molecular weight excluding hydrogens is 440 g/mol. The normalized spacial score (nSPS) is 14.7. The first-order valence-corrected chi connectivity index (χ1v) is 10.8. The van der Waals surface area contributed by atoms with Crippen molar-refractivity contribution in [3.05, 3.63) is 108 Å². The first-order valence-electron chi connectivity index (χ1n) is 10.8. The van der Waals surface area contributed by atoms with Gasteiger partial charge in [-0.15, -0.1) is 0 Å². The molecule has 1 aromatic heterocycles. The zero-order chi connectivity index (χ0) is 23.5. The average molecular weight is 467 g/mol. The van der Waals surface area contributed by atoms with Gasteiger partial charge in [-0.2, -0.15) is 5.10 Å². The third kappa shape index (κ3) is 4.84. The summed E-state index contributed by atoms with van der Waals surface area (Å²) in [6, 6.07) is 24.0. The molecule has 0 bridgehead atoms. The lowest BCUT2D eigenvalue weighted by atomic mass is 9.98. The van der Waals surface area contributed by atoms with E-state index < -0.39 is 12.1 Å². The van der Waals surface area contributed by atoms with Gasteiger partial charge in [0.1, 0.15) is 11.5 Å². The van der Waals surface area contributed by atoms with Crippen molar-refractivity contribution < 1.29 is 15.0 Å². The molecule has 1 unspecified atom stereocenters. The van der Waals surface area contributed by atoms with Crippen LogP contribution in [0.2, 0.25) is 0 Å². The zero-order valence-corrected chi connectivity index (χ0v) is 18.2. The molecule has 0 saturated carbocycles. The number of phenolic OH excluding ortho intramolecular Hbond substituents is 2. The van der Waals surface area contributed by atoms with E-state index in [9.17, 15) is 15.0 Å². The fraction of sp³-hybridized carbons (Fsp3) is 0.107. The highest BCUT2D eigenvalue weighted by Gasteiger charge is 2.35. The number of carbonyl (C=O) groups is 1. The lowest BCUT2D eigenvalue weighted by Gasteiger charge is -2.23. The SMILES string of the molecule is C.O=C(Nc1ccccc1-c1ccc(O)cc1)N1N=C(c2cccnc2)CC1c1ccccc1O. The number of para-hydroxylation sites is 2. The lowest BCUT2D eigenvalue weighted by Crippen LogP contribution is -2.31. The Kier molecular flexibility index (Phi) is 6.78. The third-order valence-corrected chi connectivity index (χ3v) is 5.76. The summed E-state index contributed by atoms with van der Waals surface area (Å²) in [7, 11) is 0. The zero-order valence-electron chi connectivity index (χ0n) is 18.2. The molecule has 2 amide bonds. The predicted octanol–water partition coefficient (Wildman–Crippen LogP) is 6.18. The van der Waals surface area contributed by atoms with Gasteiger partial charge in [0, 0.05) is 35.5 Å². The number of nitrogens with one attached hydrogen (secondary N) is 1. The van der Waals surface area contributed by atoms with Crippen molar-refractivity contribution in [1.29, 1.82) is 0 Å². The Morgan fingerprint density at radius 2 is 1.63 bits per heavy atom. The van der Waals surface area contributed by atoms with E-state index in [0.29, 0.717) is 23.4 Å². The van der Waals surface area contributed by atoms with Crippen LogP contribution in [0, 0.1) is 0 Å². The van der Waals surface area contributed by atoms with Crippen LogP contribution >= 0.6 is 0 Å². The number of rotatable bonds is 4. The maximum atomic E-state index is 13.5. The van der Waals surface area contributed by atoms with Gasteiger partial charge in [0.25, 0.3) is 0 Å². The predicted molar refractivity (Wildman–Crippen MR) is 137 cm³/mol. The van der Waals surface area contributed by atoms with Crippen molar-refractivity contribution in [2.24, 2.45) is 5.10 Å². The molecule has 1 atom stereocenters. The smallest absolute Gasteiger partial charge is 0.342 e. The molecule has 35 heavy (non-hydrogen) atoms. The maximum Gasteiger partial charge on any atom is 0.342 e. The van der Waals surface area contributed by atoms with E-state index in [1.807, 2.05) is 42.5 Å². The van der Waals surface area contributed by atoms with Crippen LogP contribution in [0.1, 0.15) is 31.0 Å². The van der Waals surface area contributed by atoms with E-state index >= 15 is 0 Å². The summed E-state index contributed by atoms with van der Waals surface area (Å²) in [6.45, 7) is 0. The van der Waals surface area contributed by atoms with Gasteiger partial charge < -0.3 is 15.5 Å². The number of amides is 2. The quantitative estimate of drug-likeness (QED) is 0.334. The van der Waals surface area contributed by atoms with E-state index in [0.717, 1.165) is 16.7 Å². The lowest BCUT2D eigenvalue weighted by molar-refractivity contribution is 0.199. The third-order valence-electron chi connectivity index (χ3n) is 5.76. The highest BCUT2D eigenvalue weighted by Crippen LogP contribution is 2.38. The molecule has 7 heteroatoms. The van der Waals surface area contributed by atoms with Crippen molar-refractivity contribution in [3.63, 3.8) is 0 Å². The molecule has 0 spiro atoms. The molecule has 0 radical (unpaired) electrons. The molecule has 0 fully saturated rings. The Labute approximate surface area is 204 Å². The Morgan fingerprint density at radius 1 is 0.886 bits per heavy atom. The van der Waals surface area contributed by atoms with E-state index in [1.165, 1.54) is 5.01 Å². The van der Waals surface area contributed by atoms with Gasteiger partial charge in [-0.1, -0.05) is 62.0 Å². The van der Waals surface area contributed by atoms with Crippen molar-refractivity contribution in [2.75, 3.05) is 5.32 Å². The van der Waals surface area contributed by atoms with E-state index in [-0.39, 0.29) is 18.9 Å². The first kappa shape index (κ1) is 23.5. The largest absolute Gasteiger partial charge is 0.508 e. The van der Waals surface area contributed by atoms with Gasteiger partial charge in [0.2, 0.25) is 0 Å². The second kappa shape index (κ2) is 10.1. The van der Waals surface area contributed by atoms with E-state index in [2.05, 4.69) is 15.4 Å². The fourth-order valence-electron chi connectivity index (χ4n) is 4.07. The summed E-state index contributed by atoms with van der Waals surface area (Å²) in [5, 5.41) is 29.1. The van der Waals surface area contributed by atoms with Gasteiger partial charge in [-0.25, -0.2) is 9.80 Å².